The van der Waals surface area contributed by atoms with E-state index in [-0.39, 0.29) is 5.54 Å². The standard InChI is InChI=1S/C15H25N3O2S/c1-6-16-14(18-15(2,3)4)17-11-12-7-9-13(10-8-12)21(5,19)20/h7-10H,6,11H2,1-5H3,(H2,16,17,18). The van der Waals surface area contributed by atoms with Gasteiger partial charge < -0.3 is 10.6 Å². The van der Waals surface area contributed by atoms with Crippen molar-refractivity contribution in [2.75, 3.05) is 12.8 Å². The first-order chi connectivity index (χ1) is 9.62. The lowest BCUT2D eigenvalue weighted by molar-refractivity contribution is 0.501. The molecule has 0 atom stereocenters. The van der Waals surface area contributed by atoms with E-state index in [4.69, 9.17) is 0 Å². The van der Waals surface area contributed by atoms with Crippen molar-refractivity contribution in [2.45, 2.75) is 44.7 Å². The van der Waals surface area contributed by atoms with Gasteiger partial charge in [0.05, 0.1) is 11.4 Å². The summed E-state index contributed by atoms with van der Waals surface area (Å²) in [5, 5.41) is 6.49. The van der Waals surface area contributed by atoms with Crippen LogP contribution in [0.1, 0.15) is 33.3 Å². The van der Waals surface area contributed by atoms with Crippen molar-refractivity contribution in [3.8, 4) is 0 Å². The summed E-state index contributed by atoms with van der Waals surface area (Å²) in [7, 11) is -3.14. The van der Waals surface area contributed by atoms with E-state index < -0.39 is 9.84 Å². The van der Waals surface area contributed by atoms with Crippen LogP contribution in [0.4, 0.5) is 0 Å². The molecule has 0 unspecified atom stereocenters. The Morgan fingerprint density at radius 2 is 1.76 bits per heavy atom. The molecule has 1 aromatic carbocycles. The van der Waals surface area contributed by atoms with Gasteiger partial charge in [-0.25, -0.2) is 13.4 Å². The highest BCUT2D eigenvalue weighted by Gasteiger charge is 2.11. The first kappa shape index (κ1) is 17.5. The minimum Gasteiger partial charge on any atom is -0.357 e. The van der Waals surface area contributed by atoms with Crippen LogP contribution in [0.5, 0.6) is 0 Å². The van der Waals surface area contributed by atoms with E-state index in [0.717, 1.165) is 18.1 Å². The normalized spacial score (nSPS) is 13.1. The molecule has 0 aromatic heterocycles. The maximum absolute atomic E-state index is 11.4. The van der Waals surface area contributed by atoms with Crippen LogP contribution in [0.2, 0.25) is 0 Å². The fraction of sp³-hybridized carbons (Fsp3) is 0.533. The fourth-order valence-corrected chi connectivity index (χ4v) is 2.31. The highest BCUT2D eigenvalue weighted by atomic mass is 32.2. The molecule has 0 heterocycles. The Hall–Kier alpha value is -1.56. The Bertz CT molecular complexity index is 584. The molecule has 0 fully saturated rings. The number of hydrogen-bond donors (Lipinski definition) is 2. The van der Waals surface area contributed by atoms with Crippen molar-refractivity contribution in [3.05, 3.63) is 29.8 Å². The lowest BCUT2D eigenvalue weighted by atomic mass is 10.1. The van der Waals surface area contributed by atoms with Crippen LogP contribution in [0.15, 0.2) is 34.2 Å². The van der Waals surface area contributed by atoms with Crippen LogP contribution in [0.3, 0.4) is 0 Å². The van der Waals surface area contributed by atoms with E-state index in [9.17, 15) is 8.42 Å². The average Bonchev–Trinajstić information content (AvgIpc) is 2.34. The first-order valence-electron chi connectivity index (χ1n) is 6.97. The second-order valence-corrected chi connectivity index (χ2v) is 8.00. The van der Waals surface area contributed by atoms with Gasteiger partial charge in [0.2, 0.25) is 0 Å². The summed E-state index contributed by atoms with van der Waals surface area (Å²) >= 11 is 0. The highest BCUT2D eigenvalue weighted by Crippen LogP contribution is 2.11. The summed E-state index contributed by atoms with van der Waals surface area (Å²) in [6.07, 6.45) is 1.21. The van der Waals surface area contributed by atoms with Gasteiger partial charge in [-0.1, -0.05) is 12.1 Å². The number of benzene rings is 1. The van der Waals surface area contributed by atoms with Crippen LogP contribution < -0.4 is 10.6 Å². The van der Waals surface area contributed by atoms with Gasteiger partial charge >= 0.3 is 0 Å². The number of nitrogens with zero attached hydrogens (tertiary/aromatic N) is 1. The minimum absolute atomic E-state index is 0.0683. The molecule has 0 bridgehead atoms. The quantitative estimate of drug-likeness (QED) is 0.658. The monoisotopic (exact) mass is 311 g/mol. The molecule has 1 rings (SSSR count). The first-order valence-corrected chi connectivity index (χ1v) is 8.86. The van der Waals surface area contributed by atoms with Gasteiger partial charge in [-0.3, -0.25) is 0 Å². The largest absolute Gasteiger partial charge is 0.357 e. The van der Waals surface area contributed by atoms with E-state index in [1.807, 2.05) is 6.92 Å². The zero-order valence-electron chi connectivity index (χ0n) is 13.4. The molecule has 0 aliphatic rings. The van der Waals surface area contributed by atoms with E-state index in [1.165, 1.54) is 6.26 Å². The summed E-state index contributed by atoms with van der Waals surface area (Å²) in [5.41, 5.74) is 0.898. The van der Waals surface area contributed by atoms with Crippen LogP contribution >= 0.6 is 0 Å². The van der Waals surface area contributed by atoms with Crippen molar-refractivity contribution >= 4 is 15.8 Å². The summed E-state index contributed by atoms with van der Waals surface area (Å²) < 4.78 is 22.8. The van der Waals surface area contributed by atoms with Crippen LogP contribution in [0.25, 0.3) is 0 Å². The van der Waals surface area contributed by atoms with Gasteiger partial charge in [-0.2, -0.15) is 0 Å². The molecule has 5 nitrogen and oxygen atoms in total. The molecular weight excluding hydrogens is 286 g/mol. The maximum atomic E-state index is 11.4. The number of sulfone groups is 1. The Morgan fingerprint density at radius 1 is 1.19 bits per heavy atom. The maximum Gasteiger partial charge on any atom is 0.191 e. The van der Waals surface area contributed by atoms with Crippen molar-refractivity contribution in [2.24, 2.45) is 4.99 Å². The third-order valence-electron chi connectivity index (χ3n) is 2.61. The van der Waals surface area contributed by atoms with Gasteiger partial charge in [0.1, 0.15) is 0 Å². The fourth-order valence-electron chi connectivity index (χ4n) is 1.67. The topological polar surface area (TPSA) is 70.6 Å². The molecule has 0 aliphatic heterocycles. The Balaban J connectivity index is 2.81. The average molecular weight is 311 g/mol. The van der Waals surface area contributed by atoms with Crippen molar-refractivity contribution in [1.82, 2.24) is 10.6 Å². The van der Waals surface area contributed by atoms with Crippen molar-refractivity contribution in [1.29, 1.82) is 0 Å². The number of aliphatic imine (C=N–C) groups is 1. The molecule has 6 heteroatoms. The molecule has 0 saturated heterocycles. The molecule has 2 N–H and O–H groups in total. The van der Waals surface area contributed by atoms with Crippen molar-refractivity contribution in [3.63, 3.8) is 0 Å². The molecule has 0 saturated carbocycles. The van der Waals surface area contributed by atoms with E-state index >= 15 is 0 Å². The highest BCUT2D eigenvalue weighted by molar-refractivity contribution is 7.90. The molecule has 118 valence electrons. The molecule has 0 spiro atoms. The summed E-state index contributed by atoms with van der Waals surface area (Å²) in [5.74, 6) is 0.747. The second kappa shape index (κ2) is 6.93. The van der Waals surface area contributed by atoms with E-state index in [2.05, 4.69) is 36.4 Å². The molecule has 21 heavy (non-hydrogen) atoms. The third-order valence-corrected chi connectivity index (χ3v) is 3.74. The van der Waals surface area contributed by atoms with Gasteiger partial charge in [-0.05, 0) is 45.4 Å². The van der Waals surface area contributed by atoms with E-state index in [0.29, 0.717) is 11.4 Å². The summed E-state index contributed by atoms with van der Waals surface area (Å²) in [4.78, 5) is 4.83. The second-order valence-electron chi connectivity index (χ2n) is 5.99. The lowest BCUT2D eigenvalue weighted by Crippen LogP contribution is -2.47. The minimum atomic E-state index is -3.14. The lowest BCUT2D eigenvalue weighted by Gasteiger charge is -2.23. The SMILES string of the molecule is CCNC(=NCc1ccc(S(C)(=O)=O)cc1)NC(C)(C)C. The van der Waals surface area contributed by atoms with Gasteiger partial charge in [0.15, 0.2) is 15.8 Å². The zero-order valence-corrected chi connectivity index (χ0v) is 14.2. The number of hydrogen-bond acceptors (Lipinski definition) is 3. The van der Waals surface area contributed by atoms with Gasteiger partial charge in [0, 0.05) is 18.3 Å². The molecule has 0 radical (unpaired) electrons. The predicted molar refractivity (Wildman–Crippen MR) is 87.3 cm³/mol. The molecule has 1 aromatic rings. The number of guanidine groups is 1. The number of rotatable bonds is 4. The third kappa shape index (κ3) is 6.62. The van der Waals surface area contributed by atoms with Crippen molar-refractivity contribution < 1.29 is 8.42 Å². The smallest absolute Gasteiger partial charge is 0.191 e. The van der Waals surface area contributed by atoms with Gasteiger partial charge in [0.25, 0.3) is 0 Å². The summed E-state index contributed by atoms with van der Waals surface area (Å²) in [6.45, 7) is 9.51. The Kier molecular flexibility index (Phi) is 5.78. The van der Waals surface area contributed by atoms with Crippen LogP contribution in [-0.4, -0.2) is 32.7 Å². The molecule has 0 amide bonds. The van der Waals surface area contributed by atoms with Crippen LogP contribution in [0, 0.1) is 0 Å². The number of nitrogens with one attached hydrogen (secondary N) is 2. The molecule has 0 aliphatic carbocycles. The predicted octanol–water partition coefficient (Wildman–Crippen LogP) is 1.94. The Labute approximate surface area is 127 Å². The molecular formula is C15H25N3O2S. The van der Waals surface area contributed by atoms with Gasteiger partial charge in [-0.15, -0.1) is 0 Å². The summed E-state index contributed by atoms with van der Waals surface area (Å²) in [6, 6.07) is 6.82. The van der Waals surface area contributed by atoms with E-state index in [1.54, 1.807) is 24.3 Å². The van der Waals surface area contributed by atoms with Crippen LogP contribution in [-0.2, 0) is 16.4 Å². The zero-order chi connectivity index (χ0) is 16.1. The Morgan fingerprint density at radius 3 is 2.19 bits per heavy atom.